The zero-order chi connectivity index (χ0) is 12.4. The normalized spacial score (nSPS) is 10.9. The fourth-order valence-electron chi connectivity index (χ4n) is 2.12. The first-order chi connectivity index (χ1) is 8.90. The average molecular weight is 239 g/mol. The minimum Gasteiger partial charge on any atom is -0.364 e. The molecule has 4 heteroatoms. The number of ether oxygens (including phenoxy) is 1. The summed E-state index contributed by atoms with van der Waals surface area (Å²) in [6.07, 6.45) is 5.38. The van der Waals surface area contributed by atoms with E-state index in [0.29, 0.717) is 6.73 Å². The van der Waals surface area contributed by atoms with Crippen LogP contribution in [0.4, 0.5) is 0 Å². The highest BCUT2D eigenvalue weighted by Crippen LogP contribution is 2.26. The van der Waals surface area contributed by atoms with E-state index in [9.17, 15) is 0 Å². The molecule has 4 nitrogen and oxygen atoms in total. The van der Waals surface area contributed by atoms with Crippen LogP contribution in [0.1, 0.15) is 0 Å². The van der Waals surface area contributed by atoms with Crippen LogP contribution < -0.4 is 0 Å². The van der Waals surface area contributed by atoms with E-state index in [1.54, 1.807) is 25.7 Å². The van der Waals surface area contributed by atoms with Gasteiger partial charge in [-0.15, -0.1) is 0 Å². The van der Waals surface area contributed by atoms with Crippen molar-refractivity contribution >= 4 is 11.0 Å². The van der Waals surface area contributed by atoms with Gasteiger partial charge in [0.25, 0.3) is 0 Å². The Kier molecular flexibility index (Phi) is 2.78. The maximum atomic E-state index is 5.28. The van der Waals surface area contributed by atoms with E-state index in [2.05, 4.69) is 20.6 Å². The van der Waals surface area contributed by atoms with Gasteiger partial charge in [0.15, 0.2) is 0 Å². The third kappa shape index (κ3) is 1.76. The number of fused-ring (bicyclic) bond motifs is 1. The minimum atomic E-state index is 0.507. The number of hydrogen-bond acceptors (Lipinski definition) is 3. The summed E-state index contributed by atoms with van der Waals surface area (Å²) in [5.41, 5.74) is 4.25. The highest BCUT2D eigenvalue weighted by atomic mass is 16.5. The Balaban J connectivity index is 2.25. The molecule has 0 saturated carbocycles. The van der Waals surface area contributed by atoms with Gasteiger partial charge in [-0.3, -0.25) is 9.97 Å². The summed E-state index contributed by atoms with van der Waals surface area (Å²) in [7, 11) is 1.69. The van der Waals surface area contributed by atoms with Crippen molar-refractivity contribution in [1.29, 1.82) is 0 Å². The maximum absolute atomic E-state index is 5.28. The van der Waals surface area contributed by atoms with Crippen LogP contribution in [0.5, 0.6) is 0 Å². The van der Waals surface area contributed by atoms with Crippen LogP contribution in [-0.4, -0.2) is 21.6 Å². The van der Waals surface area contributed by atoms with Gasteiger partial charge in [0, 0.05) is 31.3 Å². The summed E-state index contributed by atoms with van der Waals surface area (Å²) < 4.78 is 7.38. The summed E-state index contributed by atoms with van der Waals surface area (Å²) in [5.74, 6) is 0. The largest absolute Gasteiger partial charge is 0.364 e. The van der Waals surface area contributed by atoms with Crippen molar-refractivity contribution in [2.75, 3.05) is 7.11 Å². The lowest BCUT2D eigenvalue weighted by Crippen LogP contribution is -2.01. The van der Waals surface area contributed by atoms with Crippen LogP contribution in [0, 0.1) is 0 Å². The van der Waals surface area contributed by atoms with Gasteiger partial charge in [-0.2, -0.15) is 0 Å². The molecule has 3 aromatic rings. The Morgan fingerprint density at radius 1 is 1.17 bits per heavy atom. The molecule has 0 aliphatic carbocycles. The molecule has 90 valence electrons. The van der Waals surface area contributed by atoms with Gasteiger partial charge in [-0.25, -0.2) is 0 Å². The van der Waals surface area contributed by atoms with Crippen LogP contribution in [0.2, 0.25) is 0 Å². The molecule has 0 aromatic carbocycles. The molecule has 3 aromatic heterocycles. The van der Waals surface area contributed by atoms with Crippen molar-refractivity contribution in [3.63, 3.8) is 0 Å². The number of hydrogen-bond donors (Lipinski definition) is 0. The number of methoxy groups -OCH3 is 1. The van der Waals surface area contributed by atoms with Crippen molar-refractivity contribution < 1.29 is 4.74 Å². The Morgan fingerprint density at radius 2 is 2.00 bits per heavy atom. The summed E-state index contributed by atoms with van der Waals surface area (Å²) in [6, 6.07) is 10.0. The number of nitrogens with zero attached hydrogens (tertiary/aromatic N) is 3. The predicted octanol–water partition coefficient (Wildman–Crippen LogP) is 2.70. The van der Waals surface area contributed by atoms with Gasteiger partial charge < -0.3 is 9.30 Å². The zero-order valence-electron chi connectivity index (χ0n) is 10.1. The molecule has 0 N–H and O–H groups in total. The topological polar surface area (TPSA) is 39.9 Å². The minimum absolute atomic E-state index is 0.507. The second-order valence-electron chi connectivity index (χ2n) is 4.02. The highest BCUT2D eigenvalue weighted by molar-refractivity contribution is 5.83. The van der Waals surface area contributed by atoms with Crippen LogP contribution in [0.25, 0.3) is 22.3 Å². The molecule has 0 spiro atoms. The van der Waals surface area contributed by atoms with Crippen molar-refractivity contribution in [3.05, 3.63) is 48.9 Å². The van der Waals surface area contributed by atoms with Crippen LogP contribution in [0.15, 0.2) is 48.9 Å². The van der Waals surface area contributed by atoms with Crippen LogP contribution >= 0.6 is 0 Å². The van der Waals surface area contributed by atoms with E-state index in [-0.39, 0.29) is 0 Å². The van der Waals surface area contributed by atoms with Crippen molar-refractivity contribution in [1.82, 2.24) is 14.5 Å². The van der Waals surface area contributed by atoms with E-state index < -0.39 is 0 Å². The van der Waals surface area contributed by atoms with Crippen molar-refractivity contribution in [2.24, 2.45) is 0 Å². The lowest BCUT2D eigenvalue weighted by molar-refractivity contribution is 0.136. The molecule has 0 fully saturated rings. The molecule has 0 atom stereocenters. The Bertz CT molecular complexity index is 661. The number of aromatic nitrogens is 3. The molecule has 0 bridgehead atoms. The summed E-state index contributed by atoms with van der Waals surface area (Å²) >= 11 is 0. The molecule has 0 unspecified atom stereocenters. The molecule has 0 saturated heterocycles. The molecule has 0 radical (unpaired) electrons. The number of pyridine rings is 2. The molecule has 18 heavy (non-hydrogen) atoms. The van der Waals surface area contributed by atoms with E-state index >= 15 is 0 Å². The smallest absolute Gasteiger partial charge is 0.123 e. The second-order valence-corrected chi connectivity index (χ2v) is 4.02. The SMILES string of the molecule is COCn1c(-c2ccncc2)cc2ncccc21. The molecule has 3 rings (SSSR count). The third-order valence-corrected chi connectivity index (χ3v) is 2.91. The van der Waals surface area contributed by atoms with Gasteiger partial charge in [-0.05, 0) is 30.3 Å². The fourth-order valence-corrected chi connectivity index (χ4v) is 2.12. The monoisotopic (exact) mass is 239 g/mol. The Hall–Kier alpha value is -2.20. The average Bonchev–Trinajstić information content (AvgIpc) is 2.80. The fraction of sp³-hybridized carbons (Fsp3) is 0.143. The lowest BCUT2D eigenvalue weighted by Gasteiger charge is -2.09. The van der Waals surface area contributed by atoms with Gasteiger partial charge in [-0.1, -0.05) is 0 Å². The van der Waals surface area contributed by atoms with Crippen molar-refractivity contribution in [3.8, 4) is 11.3 Å². The predicted molar refractivity (Wildman–Crippen MR) is 70.0 cm³/mol. The summed E-state index contributed by atoms with van der Waals surface area (Å²) in [5, 5.41) is 0. The Morgan fingerprint density at radius 3 is 2.78 bits per heavy atom. The summed E-state index contributed by atoms with van der Waals surface area (Å²) in [6.45, 7) is 0.507. The first-order valence-electron chi connectivity index (χ1n) is 5.74. The van der Waals surface area contributed by atoms with E-state index in [1.807, 2.05) is 24.3 Å². The van der Waals surface area contributed by atoms with Gasteiger partial charge in [0.2, 0.25) is 0 Å². The van der Waals surface area contributed by atoms with E-state index in [1.165, 1.54) is 0 Å². The first kappa shape index (κ1) is 10.9. The molecule has 0 aliphatic heterocycles. The second kappa shape index (κ2) is 4.58. The quantitative estimate of drug-likeness (QED) is 0.705. The zero-order valence-corrected chi connectivity index (χ0v) is 10.1. The van der Waals surface area contributed by atoms with E-state index in [4.69, 9.17) is 4.74 Å². The van der Waals surface area contributed by atoms with Gasteiger partial charge >= 0.3 is 0 Å². The molecule has 0 amide bonds. The number of rotatable bonds is 3. The highest BCUT2D eigenvalue weighted by Gasteiger charge is 2.10. The molecule has 3 heterocycles. The Labute approximate surface area is 105 Å². The first-order valence-corrected chi connectivity index (χ1v) is 5.74. The van der Waals surface area contributed by atoms with Crippen LogP contribution in [0.3, 0.4) is 0 Å². The molecular formula is C14H13N3O. The maximum Gasteiger partial charge on any atom is 0.123 e. The van der Waals surface area contributed by atoms with Crippen molar-refractivity contribution in [2.45, 2.75) is 6.73 Å². The van der Waals surface area contributed by atoms with E-state index in [0.717, 1.165) is 22.3 Å². The molecule has 0 aliphatic rings. The van der Waals surface area contributed by atoms with Crippen LogP contribution in [-0.2, 0) is 11.5 Å². The summed E-state index contributed by atoms with van der Waals surface area (Å²) in [4.78, 5) is 8.42. The lowest BCUT2D eigenvalue weighted by atomic mass is 10.2. The molecular weight excluding hydrogens is 226 g/mol. The third-order valence-electron chi connectivity index (χ3n) is 2.91. The standard InChI is InChI=1S/C14H13N3O/c1-18-10-17-13-3-2-6-16-12(13)9-14(17)11-4-7-15-8-5-11/h2-9H,10H2,1H3. The van der Waals surface area contributed by atoms with Gasteiger partial charge in [0.05, 0.1) is 16.7 Å². The van der Waals surface area contributed by atoms with Gasteiger partial charge in [0.1, 0.15) is 6.73 Å².